The number of thioether (sulfide) groups is 1. The minimum Gasteiger partial charge on any atom is -0.359 e. The molecular formula is C15H16ClN5OS. The van der Waals surface area contributed by atoms with Crippen molar-refractivity contribution < 1.29 is 8.91 Å². The van der Waals surface area contributed by atoms with Crippen LogP contribution in [0.15, 0.2) is 29.3 Å². The Morgan fingerprint density at radius 2 is 2.39 bits per heavy atom. The summed E-state index contributed by atoms with van der Waals surface area (Å²) in [6.45, 7) is -2.56. The number of pyridine rings is 1. The first kappa shape index (κ1) is 12.5. The van der Waals surface area contributed by atoms with Gasteiger partial charge >= 0.3 is 0 Å². The van der Waals surface area contributed by atoms with Gasteiger partial charge in [-0.05, 0) is 25.0 Å². The van der Waals surface area contributed by atoms with Crippen LogP contribution < -0.4 is 10.6 Å². The molecule has 1 aliphatic carbocycles. The number of nitrogens with one attached hydrogen (secondary N) is 2. The van der Waals surface area contributed by atoms with Gasteiger partial charge in [-0.25, -0.2) is 4.98 Å². The Bertz CT molecular complexity index is 816. The first-order valence-electron chi connectivity index (χ1n) is 8.52. The molecular weight excluding hydrogens is 334 g/mol. The lowest BCUT2D eigenvalue weighted by atomic mass is 10.2. The number of hydrogen-bond acceptors (Lipinski definition) is 6. The van der Waals surface area contributed by atoms with Crippen molar-refractivity contribution in [2.75, 3.05) is 12.3 Å². The zero-order valence-electron chi connectivity index (χ0n) is 15.0. The minimum absolute atomic E-state index is 0.153. The van der Waals surface area contributed by atoms with Gasteiger partial charge in [0.05, 0.1) is 22.7 Å². The second-order valence-electron chi connectivity index (χ2n) is 5.04. The number of aromatic nitrogens is 3. The van der Waals surface area contributed by atoms with E-state index >= 15 is 0 Å². The third kappa shape index (κ3) is 4.33. The SMILES string of the molecule is [2H]C([2H])([2H])NC(=O)Cc1nnc(Cl)cc1Nc1ncccc1SC1CC1. The Balaban J connectivity index is 1.81. The number of nitrogens with zero attached hydrogens (tertiary/aromatic N) is 3. The summed E-state index contributed by atoms with van der Waals surface area (Å²) in [6.07, 6.45) is 3.78. The highest BCUT2D eigenvalue weighted by Gasteiger charge is 2.24. The fourth-order valence-corrected chi connectivity index (χ4v) is 3.15. The van der Waals surface area contributed by atoms with E-state index < -0.39 is 12.9 Å². The Hall–Kier alpha value is -1.86. The van der Waals surface area contributed by atoms with Gasteiger partial charge in [0.2, 0.25) is 5.91 Å². The lowest BCUT2D eigenvalue weighted by Gasteiger charge is -2.13. The summed E-state index contributed by atoms with van der Waals surface area (Å²) < 4.78 is 21.3. The van der Waals surface area contributed by atoms with Crippen molar-refractivity contribution in [1.82, 2.24) is 20.5 Å². The highest BCUT2D eigenvalue weighted by atomic mass is 35.5. The molecule has 0 unspecified atom stereocenters. The summed E-state index contributed by atoms with van der Waals surface area (Å²) >= 11 is 7.67. The molecule has 0 bridgehead atoms. The molecule has 1 fully saturated rings. The Morgan fingerprint density at radius 3 is 3.17 bits per heavy atom. The average Bonchev–Trinajstić information content (AvgIpc) is 3.34. The number of carbonyl (C=O) groups is 1. The van der Waals surface area contributed by atoms with Crippen molar-refractivity contribution in [3.05, 3.63) is 35.2 Å². The summed E-state index contributed by atoms with van der Waals surface area (Å²) in [5.74, 6) is -0.0516. The van der Waals surface area contributed by atoms with Gasteiger partial charge < -0.3 is 10.6 Å². The van der Waals surface area contributed by atoms with Crippen molar-refractivity contribution in [3.8, 4) is 0 Å². The fourth-order valence-electron chi connectivity index (χ4n) is 1.90. The largest absolute Gasteiger partial charge is 0.359 e. The lowest BCUT2D eigenvalue weighted by Crippen LogP contribution is -2.21. The van der Waals surface area contributed by atoms with Crippen LogP contribution in [0.4, 0.5) is 11.5 Å². The molecule has 1 saturated carbocycles. The molecule has 6 nitrogen and oxygen atoms in total. The van der Waals surface area contributed by atoms with E-state index in [4.69, 9.17) is 15.7 Å². The molecule has 2 heterocycles. The van der Waals surface area contributed by atoms with Crippen LogP contribution in [0.2, 0.25) is 5.15 Å². The highest BCUT2D eigenvalue weighted by molar-refractivity contribution is 8.00. The maximum absolute atomic E-state index is 11.9. The van der Waals surface area contributed by atoms with Crippen LogP contribution in [-0.2, 0) is 11.2 Å². The van der Waals surface area contributed by atoms with Gasteiger partial charge in [0.25, 0.3) is 0 Å². The molecule has 120 valence electrons. The van der Waals surface area contributed by atoms with Gasteiger partial charge in [0.15, 0.2) is 5.15 Å². The van der Waals surface area contributed by atoms with Gasteiger partial charge in [-0.3, -0.25) is 4.79 Å². The van der Waals surface area contributed by atoms with Crippen LogP contribution in [0, 0.1) is 0 Å². The third-order valence-corrected chi connectivity index (χ3v) is 4.72. The molecule has 23 heavy (non-hydrogen) atoms. The van der Waals surface area contributed by atoms with Crippen molar-refractivity contribution >= 4 is 40.8 Å². The van der Waals surface area contributed by atoms with Crippen molar-refractivity contribution in [2.45, 2.75) is 29.4 Å². The molecule has 1 aliphatic rings. The molecule has 8 heteroatoms. The normalized spacial score (nSPS) is 16.1. The molecule has 2 aromatic heterocycles. The smallest absolute Gasteiger partial charge is 0.225 e. The van der Waals surface area contributed by atoms with Gasteiger partial charge in [-0.2, -0.15) is 5.10 Å². The summed E-state index contributed by atoms with van der Waals surface area (Å²) in [4.78, 5) is 17.3. The topological polar surface area (TPSA) is 79.8 Å². The third-order valence-electron chi connectivity index (χ3n) is 3.15. The molecule has 0 aliphatic heterocycles. The Morgan fingerprint density at radius 1 is 1.52 bits per heavy atom. The second-order valence-corrected chi connectivity index (χ2v) is 6.77. The van der Waals surface area contributed by atoms with Crippen LogP contribution in [0.5, 0.6) is 0 Å². The van der Waals surface area contributed by atoms with Gasteiger partial charge in [0, 0.05) is 28.6 Å². The number of rotatable bonds is 6. The zero-order chi connectivity index (χ0) is 18.7. The summed E-state index contributed by atoms with van der Waals surface area (Å²) in [7, 11) is 0. The average molecular weight is 353 g/mol. The van der Waals surface area contributed by atoms with Gasteiger partial charge in [-0.1, -0.05) is 11.6 Å². The predicted molar refractivity (Wildman–Crippen MR) is 91.2 cm³/mol. The fraction of sp³-hybridized carbons (Fsp3) is 0.333. The van der Waals surface area contributed by atoms with Crippen molar-refractivity contribution in [3.63, 3.8) is 0 Å². The standard InChI is InChI=1S/C15H16ClN5OS/c1-17-14(22)8-11-10(7-13(16)21-20-11)19-15-12(3-2-6-18-15)23-9-4-5-9/h2-3,6-7,9H,4-5,8H2,1H3,(H,17,22)(H,18,19,21)/i1D3. The number of amides is 1. The second kappa shape index (κ2) is 7.14. The van der Waals surface area contributed by atoms with E-state index in [-0.39, 0.29) is 17.3 Å². The molecule has 2 N–H and O–H groups in total. The molecule has 0 aromatic carbocycles. The Labute approximate surface area is 147 Å². The van der Waals surface area contributed by atoms with Crippen LogP contribution in [0.1, 0.15) is 22.6 Å². The van der Waals surface area contributed by atoms with Crippen LogP contribution in [-0.4, -0.2) is 33.3 Å². The molecule has 0 spiro atoms. The monoisotopic (exact) mass is 352 g/mol. The predicted octanol–water partition coefficient (Wildman–Crippen LogP) is 2.81. The van der Waals surface area contributed by atoms with Gasteiger partial charge in [0.1, 0.15) is 5.82 Å². The number of halogens is 1. The van der Waals surface area contributed by atoms with E-state index in [1.807, 2.05) is 17.4 Å². The minimum atomic E-state index is -2.56. The molecule has 0 radical (unpaired) electrons. The first-order chi connectivity index (χ1) is 12.3. The van der Waals surface area contributed by atoms with Crippen LogP contribution in [0.25, 0.3) is 0 Å². The molecule has 3 rings (SSSR count). The molecule has 0 saturated heterocycles. The van der Waals surface area contributed by atoms with E-state index in [0.717, 1.165) is 4.90 Å². The number of anilines is 2. The quantitative estimate of drug-likeness (QED) is 0.832. The van der Waals surface area contributed by atoms with Crippen molar-refractivity contribution in [2.24, 2.45) is 0 Å². The summed E-state index contributed by atoms with van der Waals surface area (Å²) in [6, 6.07) is 5.36. The summed E-state index contributed by atoms with van der Waals surface area (Å²) in [5, 5.41) is 13.5. The van der Waals surface area contributed by atoms with Crippen molar-refractivity contribution in [1.29, 1.82) is 0 Å². The van der Waals surface area contributed by atoms with E-state index in [1.54, 1.807) is 18.0 Å². The first-order valence-corrected chi connectivity index (χ1v) is 8.28. The highest BCUT2D eigenvalue weighted by Crippen LogP contribution is 2.41. The van der Waals surface area contributed by atoms with E-state index in [2.05, 4.69) is 20.5 Å². The maximum atomic E-state index is 11.9. The molecule has 1 amide bonds. The number of carbonyl (C=O) groups excluding carboxylic acids is 1. The van der Waals surface area contributed by atoms with E-state index in [1.165, 1.54) is 18.9 Å². The summed E-state index contributed by atoms with van der Waals surface area (Å²) in [5.41, 5.74) is 0.742. The number of likely N-dealkylation sites (N-methyl/N-ethyl adjacent to an activating group) is 1. The van der Waals surface area contributed by atoms with Crippen LogP contribution in [0.3, 0.4) is 0 Å². The zero-order valence-corrected chi connectivity index (χ0v) is 13.6. The van der Waals surface area contributed by atoms with E-state index in [9.17, 15) is 4.79 Å². The van der Waals surface area contributed by atoms with Gasteiger partial charge in [-0.15, -0.1) is 16.9 Å². The molecule has 2 aromatic rings. The molecule has 0 atom stereocenters. The maximum Gasteiger partial charge on any atom is 0.225 e. The Kier molecular flexibility index (Phi) is 3.90. The van der Waals surface area contributed by atoms with E-state index in [0.29, 0.717) is 16.8 Å². The number of hydrogen-bond donors (Lipinski definition) is 2. The lowest BCUT2D eigenvalue weighted by molar-refractivity contribution is -0.120. The van der Waals surface area contributed by atoms with Crippen LogP contribution >= 0.6 is 23.4 Å².